The Hall–Kier alpha value is -0.500. The van der Waals surface area contributed by atoms with Crippen molar-refractivity contribution in [3.63, 3.8) is 0 Å². The van der Waals surface area contributed by atoms with Gasteiger partial charge in [0.15, 0.2) is 12.1 Å². The van der Waals surface area contributed by atoms with E-state index in [1.165, 1.54) is 14.2 Å². The fourth-order valence-corrected chi connectivity index (χ4v) is 1.65. The van der Waals surface area contributed by atoms with E-state index in [9.17, 15) is 10.2 Å². The zero-order chi connectivity index (χ0) is 16.2. The molecule has 0 aromatic heterocycles. The van der Waals surface area contributed by atoms with E-state index in [0.717, 1.165) is 7.11 Å². The predicted octanol–water partition coefficient (Wildman–Crippen LogP) is 0.902. The average molecular weight is 294 g/mol. The van der Waals surface area contributed by atoms with E-state index < -0.39 is 18.2 Å². The second-order valence-electron chi connectivity index (χ2n) is 4.79. The van der Waals surface area contributed by atoms with Crippen molar-refractivity contribution in [3.8, 4) is 0 Å². The smallest absolute Gasteiger partial charge is 0.182 e. The minimum Gasteiger partial charge on any atom is -0.400 e. The van der Waals surface area contributed by atoms with Gasteiger partial charge in [0.05, 0.1) is 6.61 Å². The molecule has 0 aromatic rings. The summed E-state index contributed by atoms with van der Waals surface area (Å²) < 4.78 is 15.3. The number of rotatable bonds is 10. The van der Waals surface area contributed by atoms with Crippen molar-refractivity contribution in [2.24, 2.45) is 5.92 Å². The summed E-state index contributed by atoms with van der Waals surface area (Å²) in [4.78, 5) is 0. The number of aliphatic hydroxyl groups excluding tert-OH is 2. The third kappa shape index (κ3) is 11.3. The van der Waals surface area contributed by atoms with Gasteiger partial charge in [-0.1, -0.05) is 6.08 Å². The molecule has 0 rings (SSSR count). The molecule has 0 heterocycles. The zero-order valence-electron chi connectivity index (χ0n) is 13.2. The molecule has 0 aromatic carbocycles. The first-order valence-electron chi connectivity index (χ1n) is 6.49. The van der Waals surface area contributed by atoms with Crippen LogP contribution in [0.5, 0.6) is 0 Å². The van der Waals surface area contributed by atoms with Gasteiger partial charge in [-0.2, -0.15) is 0 Å². The number of hydrogen-bond acceptors (Lipinski definition) is 6. The van der Waals surface area contributed by atoms with Crippen LogP contribution >= 0.6 is 0 Å². The van der Waals surface area contributed by atoms with E-state index in [1.807, 2.05) is 0 Å². The lowest BCUT2D eigenvalue weighted by molar-refractivity contribution is -0.193. The van der Waals surface area contributed by atoms with E-state index >= 15 is 0 Å². The minimum absolute atomic E-state index is 0.0525. The molecule has 0 spiro atoms. The largest absolute Gasteiger partial charge is 0.400 e. The highest BCUT2D eigenvalue weighted by molar-refractivity contribution is 4.77. The van der Waals surface area contributed by atoms with Crippen LogP contribution in [-0.4, -0.2) is 61.4 Å². The van der Waals surface area contributed by atoms with Gasteiger partial charge in [0, 0.05) is 21.3 Å². The Balaban J connectivity index is 0. The number of ether oxygens (including phenoxy) is 3. The Bertz CT molecular complexity index is 222. The summed E-state index contributed by atoms with van der Waals surface area (Å²) in [5.74, 6) is -1.12. The maximum Gasteiger partial charge on any atom is 0.182 e. The Morgan fingerprint density at radius 1 is 1.20 bits per heavy atom. The Kier molecular flexibility index (Phi) is 13.4. The van der Waals surface area contributed by atoms with E-state index in [2.05, 4.69) is 6.58 Å². The summed E-state index contributed by atoms with van der Waals surface area (Å²) in [5, 5.41) is 26.4. The Labute approximate surface area is 122 Å². The minimum atomic E-state index is -1.17. The molecule has 2 unspecified atom stereocenters. The fraction of sp³-hybridized carbons (Fsp3) is 0.857. The summed E-state index contributed by atoms with van der Waals surface area (Å²) in [6.07, 6.45) is 1.51. The first-order valence-corrected chi connectivity index (χ1v) is 6.49. The molecular weight excluding hydrogens is 264 g/mol. The van der Waals surface area contributed by atoms with Crippen molar-refractivity contribution >= 4 is 0 Å². The molecule has 20 heavy (non-hydrogen) atoms. The SMILES string of the molecule is C=CCC(COC(C)(C)O)CC(O)C(OC)OC.CO. The van der Waals surface area contributed by atoms with Crippen LogP contribution in [0, 0.1) is 5.92 Å². The highest BCUT2D eigenvalue weighted by Crippen LogP contribution is 2.18. The number of aliphatic hydroxyl groups is 3. The lowest BCUT2D eigenvalue weighted by atomic mass is 9.98. The van der Waals surface area contributed by atoms with Gasteiger partial charge in [0.2, 0.25) is 0 Å². The van der Waals surface area contributed by atoms with E-state index in [4.69, 9.17) is 19.3 Å². The van der Waals surface area contributed by atoms with Gasteiger partial charge in [-0.15, -0.1) is 6.58 Å². The summed E-state index contributed by atoms with van der Waals surface area (Å²) >= 11 is 0. The van der Waals surface area contributed by atoms with Crippen molar-refractivity contribution in [1.29, 1.82) is 0 Å². The lowest BCUT2D eigenvalue weighted by Gasteiger charge is -2.26. The fourth-order valence-electron chi connectivity index (χ4n) is 1.65. The highest BCUT2D eigenvalue weighted by Gasteiger charge is 2.24. The maximum atomic E-state index is 9.93. The molecule has 3 N–H and O–H groups in total. The van der Waals surface area contributed by atoms with Crippen LogP contribution in [0.3, 0.4) is 0 Å². The lowest BCUT2D eigenvalue weighted by Crippen LogP contribution is -2.34. The molecule has 0 bridgehead atoms. The first kappa shape index (κ1) is 21.8. The quantitative estimate of drug-likeness (QED) is 0.410. The number of hydrogen-bond donors (Lipinski definition) is 3. The van der Waals surface area contributed by atoms with Crippen LogP contribution in [0.2, 0.25) is 0 Å². The molecule has 0 aliphatic heterocycles. The van der Waals surface area contributed by atoms with Crippen molar-refractivity contribution in [2.75, 3.05) is 27.9 Å². The van der Waals surface area contributed by atoms with Crippen LogP contribution in [0.25, 0.3) is 0 Å². The van der Waals surface area contributed by atoms with Crippen LogP contribution in [0.1, 0.15) is 26.7 Å². The molecule has 0 amide bonds. The van der Waals surface area contributed by atoms with Crippen LogP contribution in [0.4, 0.5) is 0 Å². The molecule has 0 fully saturated rings. The number of methoxy groups -OCH3 is 2. The normalized spacial score (nSPS) is 14.4. The standard InChI is InChI=1S/C13H26O5.CH4O/c1-6-7-10(9-18-13(2,3)15)8-11(14)12(16-4)17-5;1-2/h6,10-12,14-15H,1,7-9H2,2-5H3;2H,1H3. The number of allylic oxidation sites excluding steroid dienone is 1. The second-order valence-corrected chi connectivity index (χ2v) is 4.79. The maximum absolute atomic E-state index is 9.93. The molecule has 122 valence electrons. The van der Waals surface area contributed by atoms with Crippen molar-refractivity contribution in [2.45, 2.75) is 44.9 Å². The molecule has 0 radical (unpaired) electrons. The van der Waals surface area contributed by atoms with Crippen molar-refractivity contribution < 1.29 is 29.5 Å². The zero-order valence-corrected chi connectivity index (χ0v) is 13.2. The van der Waals surface area contributed by atoms with Gasteiger partial charge in [-0.25, -0.2) is 0 Å². The molecular formula is C14H30O6. The van der Waals surface area contributed by atoms with Gasteiger partial charge in [-0.3, -0.25) is 0 Å². The van der Waals surface area contributed by atoms with Crippen molar-refractivity contribution in [1.82, 2.24) is 0 Å². The average Bonchev–Trinajstić information content (AvgIpc) is 2.39. The summed E-state index contributed by atoms with van der Waals surface area (Å²) in [6, 6.07) is 0. The summed E-state index contributed by atoms with van der Waals surface area (Å²) in [6.45, 7) is 7.16. The first-order chi connectivity index (χ1) is 9.34. The topological polar surface area (TPSA) is 88.4 Å². The molecule has 0 saturated carbocycles. The Morgan fingerprint density at radius 3 is 2.05 bits per heavy atom. The van der Waals surface area contributed by atoms with Crippen molar-refractivity contribution in [3.05, 3.63) is 12.7 Å². The van der Waals surface area contributed by atoms with Gasteiger partial charge in [-0.05, 0) is 32.6 Å². The van der Waals surface area contributed by atoms with Crippen LogP contribution in [-0.2, 0) is 14.2 Å². The Morgan fingerprint density at radius 2 is 1.70 bits per heavy atom. The highest BCUT2D eigenvalue weighted by atomic mass is 16.7. The van der Waals surface area contributed by atoms with E-state index in [1.54, 1.807) is 19.9 Å². The van der Waals surface area contributed by atoms with Crippen LogP contribution < -0.4 is 0 Å². The molecule has 6 heteroatoms. The molecule has 0 aliphatic rings. The predicted molar refractivity (Wildman–Crippen MR) is 77.1 cm³/mol. The molecule has 0 saturated heterocycles. The monoisotopic (exact) mass is 294 g/mol. The molecule has 0 aliphatic carbocycles. The van der Waals surface area contributed by atoms with E-state index in [-0.39, 0.29) is 5.92 Å². The van der Waals surface area contributed by atoms with Gasteiger partial charge in [0.25, 0.3) is 0 Å². The van der Waals surface area contributed by atoms with Crippen LogP contribution in [0.15, 0.2) is 12.7 Å². The summed E-state index contributed by atoms with van der Waals surface area (Å²) in [5.41, 5.74) is 0. The second kappa shape index (κ2) is 12.3. The molecule has 6 nitrogen and oxygen atoms in total. The molecule has 2 atom stereocenters. The van der Waals surface area contributed by atoms with E-state index in [0.29, 0.717) is 19.4 Å². The third-order valence-electron chi connectivity index (χ3n) is 2.53. The van der Waals surface area contributed by atoms with Gasteiger partial charge >= 0.3 is 0 Å². The van der Waals surface area contributed by atoms with Gasteiger partial charge < -0.3 is 29.5 Å². The third-order valence-corrected chi connectivity index (χ3v) is 2.53. The van der Waals surface area contributed by atoms with Gasteiger partial charge in [0.1, 0.15) is 6.10 Å². The summed E-state index contributed by atoms with van der Waals surface area (Å²) in [7, 11) is 3.96.